The van der Waals surface area contributed by atoms with Crippen molar-refractivity contribution in [2.24, 2.45) is 0 Å². The second-order valence-corrected chi connectivity index (χ2v) is 5.35. The van der Waals surface area contributed by atoms with Crippen molar-refractivity contribution in [3.63, 3.8) is 0 Å². The predicted octanol–water partition coefficient (Wildman–Crippen LogP) is 1.86. The molecule has 5 heteroatoms. The molecule has 106 valence electrons. The van der Waals surface area contributed by atoms with E-state index >= 15 is 0 Å². The fourth-order valence-corrected chi connectivity index (χ4v) is 2.42. The molecule has 19 heavy (non-hydrogen) atoms. The third-order valence-corrected chi connectivity index (χ3v) is 3.65. The molecular weight excluding hydrogens is 264 g/mol. The molecule has 1 unspecified atom stereocenters. The summed E-state index contributed by atoms with van der Waals surface area (Å²) in [5.41, 5.74) is 0.835. The second-order valence-electron chi connectivity index (χ2n) is 4.94. The number of rotatable bonds is 5. The molecule has 1 aliphatic heterocycles. The predicted molar refractivity (Wildman–Crippen MR) is 76.7 cm³/mol. The Labute approximate surface area is 119 Å². The number of hydrogen-bond acceptors (Lipinski definition) is 4. The summed E-state index contributed by atoms with van der Waals surface area (Å²) in [4.78, 5) is 2.39. The minimum absolute atomic E-state index is 0.176. The quantitative estimate of drug-likeness (QED) is 0.866. The fraction of sp³-hybridized carbons (Fsp3) is 0.571. The van der Waals surface area contributed by atoms with E-state index in [0.717, 1.165) is 38.4 Å². The number of hydrogen-bond donors (Lipinski definition) is 2. The van der Waals surface area contributed by atoms with Crippen molar-refractivity contribution in [2.75, 3.05) is 32.8 Å². The van der Waals surface area contributed by atoms with Gasteiger partial charge in [0, 0.05) is 37.8 Å². The number of para-hydroxylation sites is 1. The molecule has 4 nitrogen and oxygen atoms in total. The highest BCUT2D eigenvalue weighted by molar-refractivity contribution is 6.32. The van der Waals surface area contributed by atoms with Gasteiger partial charge in [-0.1, -0.05) is 23.7 Å². The Kier molecular flexibility index (Phi) is 5.45. The summed E-state index contributed by atoms with van der Waals surface area (Å²) in [7, 11) is 0. The summed E-state index contributed by atoms with van der Waals surface area (Å²) in [5.74, 6) is 0.176. The van der Waals surface area contributed by atoms with Gasteiger partial charge >= 0.3 is 0 Å². The first-order valence-corrected chi connectivity index (χ1v) is 7.04. The lowest BCUT2D eigenvalue weighted by Crippen LogP contribution is -2.44. The molecule has 1 aromatic carbocycles. The lowest BCUT2D eigenvalue weighted by atomic mass is 10.2. The highest BCUT2D eigenvalue weighted by atomic mass is 35.5. The van der Waals surface area contributed by atoms with Gasteiger partial charge in [-0.25, -0.2) is 0 Å². The molecule has 1 saturated heterocycles. The number of nitrogens with zero attached hydrogens (tertiary/aromatic N) is 1. The molecule has 0 spiro atoms. The molecule has 0 saturated carbocycles. The van der Waals surface area contributed by atoms with E-state index in [9.17, 15) is 5.11 Å². The van der Waals surface area contributed by atoms with Crippen LogP contribution in [0.4, 0.5) is 0 Å². The molecule has 1 aliphatic rings. The van der Waals surface area contributed by atoms with Gasteiger partial charge in [0.1, 0.15) is 5.75 Å². The molecule has 0 radical (unpaired) electrons. The number of morpholine rings is 1. The van der Waals surface area contributed by atoms with E-state index in [1.54, 1.807) is 6.07 Å². The van der Waals surface area contributed by atoms with Crippen molar-refractivity contribution in [3.05, 3.63) is 28.8 Å². The Bertz CT molecular complexity index is 408. The van der Waals surface area contributed by atoms with Crippen molar-refractivity contribution in [1.29, 1.82) is 0 Å². The van der Waals surface area contributed by atoms with E-state index < -0.39 is 0 Å². The maximum atomic E-state index is 9.83. The SMILES string of the molecule is CC(CN1CCOCC1)NCc1cccc(Cl)c1O. The first kappa shape index (κ1) is 14.6. The Morgan fingerprint density at radius 1 is 1.42 bits per heavy atom. The summed E-state index contributed by atoms with van der Waals surface area (Å²) in [6, 6.07) is 5.79. The normalized spacial score (nSPS) is 18.4. The number of halogens is 1. The summed E-state index contributed by atoms with van der Waals surface area (Å²) in [5, 5.41) is 13.6. The van der Waals surface area contributed by atoms with Crippen LogP contribution in [-0.2, 0) is 11.3 Å². The summed E-state index contributed by atoms with van der Waals surface area (Å²) in [6.45, 7) is 7.39. The largest absolute Gasteiger partial charge is 0.506 e. The van der Waals surface area contributed by atoms with Crippen LogP contribution in [0.1, 0.15) is 12.5 Å². The lowest BCUT2D eigenvalue weighted by molar-refractivity contribution is 0.0343. The average molecular weight is 285 g/mol. The molecule has 2 rings (SSSR count). The van der Waals surface area contributed by atoms with Crippen molar-refractivity contribution < 1.29 is 9.84 Å². The zero-order valence-electron chi connectivity index (χ0n) is 11.2. The number of phenolic OH excluding ortho intramolecular Hbond substituents is 1. The van der Waals surface area contributed by atoms with Crippen LogP contribution < -0.4 is 5.32 Å². The van der Waals surface area contributed by atoms with Crippen molar-refractivity contribution >= 4 is 11.6 Å². The van der Waals surface area contributed by atoms with E-state index in [1.807, 2.05) is 12.1 Å². The van der Waals surface area contributed by atoms with Gasteiger partial charge in [0.2, 0.25) is 0 Å². The zero-order valence-corrected chi connectivity index (χ0v) is 12.0. The number of benzene rings is 1. The van der Waals surface area contributed by atoms with Gasteiger partial charge in [0.05, 0.1) is 18.2 Å². The molecule has 0 aliphatic carbocycles. The van der Waals surface area contributed by atoms with E-state index in [2.05, 4.69) is 17.1 Å². The van der Waals surface area contributed by atoms with Crippen LogP contribution in [0.15, 0.2) is 18.2 Å². The van der Waals surface area contributed by atoms with E-state index in [1.165, 1.54) is 0 Å². The molecule has 2 N–H and O–H groups in total. The maximum Gasteiger partial charge on any atom is 0.138 e. The number of phenols is 1. The standard InChI is InChI=1S/C14H21ClN2O2/c1-11(10-17-5-7-19-8-6-17)16-9-12-3-2-4-13(15)14(12)18/h2-4,11,16,18H,5-10H2,1H3. The van der Waals surface area contributed by atoms with E-state index in [-0.39, 0.29) is 5.75 Å². The van der Waals surface area contributed by atoms with Crippen molar-refractivity contribution in [1.82, 2.24) is 10.2 Å². The average Bonchev–Trinajstić information content (AvgIpc) is 2.42. The highest BCUT2D eigenvalue weighted by Gasteiger charge is 2.14. The van der Waals surface area contributed by atoms with Gasteiger partial charge in [0.15, 0.2) is 0 Å². The maximum absolute atomic E-state index is 9.83. The Balaban J connectivity index is 1.79. The van der Waals surface area contributed by atoms with Crippen LogP contribution in [-0.4, -0.2) is 48.9 Å². The first-order chi connectivity index (χ1) is 9.16. The topological polar surface area (TPSA) is 44.7 Å². The first-order valence-electron chi connectivity index (χ1n) is 6.66. The number of aromatic hydroxyl groups is 1. The molecule has 0 bridgehead atoms. The fourth-order valence-electron chi connectivity index (χ4n) is 2.22. The van der Waals surface area contributed by atoms with Crippen LogP contribution in [0.5, 0.6) is 5.75 Å². The Hall–Kier alpha value is -0.810. The van der Waals surface area contributed by atoms with Crippen LogP contribution in [0.3, 0.4) is 0 Å². The van der Waals surface area contributed by atoms with Gasteiger partial charge < -0.3 is 15.2 Å². The van der Waals surface area contributed by atoms with E-state index in [4.69, 9.17) is 16.3 Å². The number of ether oxygens (including phenoxy) is 1. The van der Waals surface area contributed by atoms with Crippen LogP contribution in [0.2, 0.25) is 5.02 Å². The third kappa shape index (κ3) is 4.35. The van der Waals surface area contributed by atoms with Crippen LogP contribution >= 0.6 is 11.6 Å². The summed E-state index contributed by atoms with van der Waals surface area (Å²) >= 11 is 5.88. The van der Waals surface area contributed by atoms with Gasteiger partial charge in [-0.15, -0.1) is 0 Å². The van der Waals surface area contributed by atoms with Crippen LogP contribution in [0, 0.1) is 0 Å². The molecular formula is C14H21ClN2O2. The van der Waals surface area contributed by atoms with Gasteiger partial charge in [0.25, 0.3) is 0 Å². The number of nitrogens with one attached hydrogen (secondary N) is 1. The summed E-state index contributed by atoms with van der Waals surface area (Å²) < 4.78 is 5.33. The van der Waals surface area contributed by atoms with Gasteiger partial charge in [-0.2, -0.15) is 0 Å². The zero-order chi connectivity index (χ0) is 13.7. The van der Waals surface area contributed by atoms with Crippen molar-refractivity contribution in [3.8, 4) is 5.75 Å². The lowest BCUT2D eigenvalue weighted by Gasteiger charge is -2.29. The molecule has 1 atom stereocenters. The van der Waals surface area contributed by atoms with Gasteiger partial charge in [-0.3, -0.25) is 4.90 Å². The molecule has 0 aromatic heterocycles. The molecule has 1 aromatic rings. The monoisotopic (exact) mass is 284 g/mol. The Morgan fingerprint density at radius 3 is 2.89 bits per heavy atom. The second kappa shape index (κ2) is 7.10. The molecule has 0 amide bonds. The molecule has 1 fully saturated rings. The summed E-state index contributed by atoms with van der Waals surface area (Å²) in [6.07, 6.45) is 0. The van der Waals surface area contributed by atoms with Gasteiger partial charge in [-0.05, 0) is 13.0 Å². The minimum Gasteiger partial charge on any atom is -0.506 e. The van der Waals surface area contributed by atoms with Crippen molar-refractivity contribution in [2.45, 2.75) is 19.5 Å². The highest BCUT2D eigenvalue weighted by Crippen LogP contribution is 2.26. The van der Waals surface area contributed by atoms with Crippen LogP contribution in [0.25, 0.3) is 0 Å². The minimum atomic E-state index is 0.176. The third-order valence-electron chi connectivity index (χ3n) is 3.35. The molecule has 1 heterocycles. The Morgan fingerprint density at radius 2 is 2.16 bits per heavy atom. The van der Waals surface area contributed by atoms with E-state index in [0.29, 0.717) is 17.6 Å². The smallest absolute Gasteiger partial charge is 0.138 e.